The van der Waals surface area contributed by atoms with E-state index in [2.05, 4.69) is 4.74 Å². The van der Waals surface area contributed by atoms with Crippen LogP contribution in [0.25, 0.3) is 0 Å². The molecule has 0 saturated carbocycles. The maximum absolute atomic E-state index is 13.3. The van der Waals surface area contributed by atoms with Gasteiger partial charge in [-0.2, -0.15) is 8.78 Å². The van der Waals surface area contributed by atoms with Gasteiger partial charge in [0.05, 0.1) is 6.61 Å². The molecule has 0 aliphatic heterocycles. The Morgan fingerprint density at radius 2 is 1.71 bits per heavy atom. The number of esters is 1. The lowest BCUT2D eigenvalue weighted by molar-refractivity contribution is -0.140. The molecule has 0 N–H and O–H groups in total. The molecule has 0 atom stereocenters. The molecule has 0 fully saturated rings. The van der Waals surface area contributed by atoms with Gasteiger partial charge in [-0.15, -0.1) is 0 Å². The summed E-state index contributed by atoms with van der Waals surface area (Å²) in [4.78, 5) is 22.3. The molecular weight excluding hydrogens is 230 g/mol. The highest BCUT2D eigenvalue weighted by atomic mass is 19.2. The van der Waals surface area contributed by atoms with Crippen LogP contribution >= 0.6 is 0 Å². The lowest BCUT2D eigenvalue weighted by Gasteiger charge is -2.01. The smallest absolute Gasteiger partial charge is 0.370 e. The van der Waals surface area contributed by atoms with Gasteiger partial charge in [0.25, 0.3) is 0 Å². The zero-order chi connectivity index (χ0) is 12.8. The largest absolute Gasteiger partial charge is 0.461 e. The molecule has 90 valence electrons. The molecule has 0 spiro atoms. The van der Waals surface area contributed by atoms with E-state index in [4.69, 9.17) is 0 Å². The van der Waals surface area contributed by atoms with Crippen molar-refractivity contribution in [2.75, 3.05) is 6.61 Å². The van der Waals surface area contributed by atoms with Gasteiger partial charge in [-0.3, -0.25) is 4.79 Å². The van der Waals surface area contributed by atoms with Gasteiger partial charge in [0.15, 0.2) is 0 Å². The zero-order valence-electron chi connectivity index (χ0n) is 9.07. The number of allylic oxidation sites excluding steroid dienone is 1. The summed E-state index contributed by atoms with van der Waals surface area (Å²) in [6, 6.07) is 7.27. The maximum Gasteiger partial charge on any atom is 0.370 e. The van der Waals surface area contributed by atoms with Crippen molar-refractivity contribution in [3.63, 3.8) is 0 Å². The molecule has 17 heavy (non-hydrogen) atoms. The monoisotopic (exact) mass is 240 g/mol. The zero-order valence-corrected chi connectivity index (χ0v) is 9.07. The Morgan fingerprint density at radius 1 is 1.12 bits per heavy atom. The van der Waals surface area contributed by atoms with E-state index in [1.807, 2.05) is 0 Å². The van der Waals surface area contributed by atoms with Gasteiger partial charge in [-0.25, -0.2) is 4.79 Å². The van der Waals surface area contributed by atoms with Gasteiger partial charge in [0, 0.05) is 5.56 Å². The number of Topliss-reactive ketones (excluding diaryl/α,β-unsaturated/α-hetero) is 1. The van der Waals surface area contributed by atoms with Gasteiger partial charge in [-0.1, -0.05) is 30.3 Å². The van der Waals surface area contributed by atoms with E-state index in [-0.39, 0.29) is 12.2 Å². The van der Waals surface area contributed by atoms with Gasteiger partial charge >= 0.3 is 5.97 Å². The molecule has 0 heterocycles. The number of halogens is 2. The Balaban J connectivity index is 2.96. The standard InChI is InChI=1S/C12H10F2O3/c1-2-17-12(16)10(14)9(13)11(15)8-6-4-3-5-7-8/h3-7H,2H2,1H3/b10-9-. The third-order valence-corrected chi connectivity index (χ3v) is 1.88. The summed E-state index contributed by atoms with van der Waals surface area (Å²) < 4.78 is 30.7. The second-order valence-corrected chi connectivity index (χ2v) is 3.04. The van der Waals surface area contributed by atoms with Crippen LogP contribution in [0.5, 0.6) is 0 Å². The predicted molar refractivity (Wildman–Crippen MR) is 56.6 cm³/mol. The van der Waals surface area contributed by atoms with Crippen LogP contribution in [-0.4, -0.2) is 18.4 Å². The number of carbonyl (C=O) groups excluding carboxylic acids is 2. The van der Waals surface area contributed by atoms with E-state index in [9.17, 15) is 18.4 Å². The van der Waals surface area contributed by atoms with Gasteiger partial charge in [0.1, 0.15) is 0 Å². The number of benzene rings is 1. The first-order valence-electron chi connectivity index (χ1n) is 4.90. The van der Waals surface area contributed by atoms with Crippen molar-refractivity contribution in [3.8, 4) is 0 Å². The fourth-order valence-corrected chi connectivity index (χ4v) is 1.10. The number of rotatable bonds is 4. The third kappa shape index (κ3) is 3.21. The van der Waals surface area contributed by atoms with Crippen LogP contribution in [0.2, 0.25) is 0 Å². The molecule has 5 heteroatoms. The summed E-state index contributed by atoms with van der Waals surface area (Å²) >= 11 is 0. The minimum Gasteiger partial charge on any atom is -0.461 e. The molecule has 1 aromatic rings. The van der Waals surface area contributed by atoms with Crippen molar-refractivity contribution < 1.29 is 23.1 Å². The number of ketones is 1. The van der Waals surface area contributed by atoms with Crippen molar-refractivity contribution >= 4 is 11.8 Å². The van der Waals surface area contributed by atoms with Crippen molar-refractivity contribution in [1.82, 2.24) is 0 Å². The van der Waals surface area contributed by atoms with Crippen LogP contribution in [0.4, 0.5) is 8.78 Å². The Labute approximate surface area is 96.7 Å². The number of hydrogen-bond donors (Lipinski definition) is 0. The van der Waals surface area contributed by atoms with E-state index in [1.54, 1.807) is 6.07 Å². The summed E-state index contributed by atoms with van der Waals surface area (Å²) in [6.45, 7) is 1.35. The summed E-state index contributed by atoms with van der Waals surface area (Å²) in [5.41, 5.74) is -0.0375. The van der Waals surface area contributed by atoms with Crippen LogP contribution in [0.1, 0.15) is 17.3 Å². The van der Waals surface area contributed by atoms with Gasteiger partial charge < -0.3 is 4.74 Å². The fraction of sp³-hybridized carbons (Fsp3) is 0.167. The second kappa shape index (κ2) is 5.89. The summed E-state index contributed by atoms with van der Waals surface area (Å²) in [7, 11) is 0. The highest BCUT2D eigenvalue weighted by Gasteiger charge is 2.23. The first-order chi connectivity index (χ1) is 8.07. The molecular formula is C12H10F2O3. The van der Waals surface area contributed by atoms with Crippen LogP contribution < -0.4 is 0 Å². The molecule has 0 saturated heterocycles. The molecule has 0 aliphatic carbocycles. The van der Waals surface area contributed by atoms with Crippen molar-refractivity contribution in [3.05, 3.63) is 47.5 Å². The van der Waals surface area contributed by atoms with Crippen LogP contribution in [0.15, 0.2) is 42.0 Å². The fourth-order valence-electron chi connectivity index (χ4n) is 1.10. The molecule has 1 rings (SSSR count). The maximum atomic E-state index is 13.3. The molecule has 0 unspecified atom stereocenters. The number of ether oxygens (including phenoxy) is 1. The first-order valence-corrected chi connectivity index (χ1v) is 4.90. The first kappa shape index (κ1) is 13.0. The van der Waals surface area contributed by atoms with Crippen LogP contribution in [0.3, 0.4) is 0 Å². The van der Waals surface area contributed by atoms with Crippen LogP contribution in [0, 0.1) is 0 Å². The van der Waals surface area contributed by atoms with E-state index in [0.29, 0.717) is 0 Å². The number of carbonyl (C=O) groups is 2. The minimum absolute atomic E-state index is 0.0375. The second-order valence-electron chi connectivity index (χ2n) is 3.04. The Morgan fingerprint density at radius 3 is 2.24 bits per heavy atom. The minimum atomic E-state index is -1.80. The van der Waals surface area contributed by atoms with Gasteiger partial charge in [-0.05, 0) is 6.92 Å². The lowest BCUT2D eigenvalue weighted by Crippen LogP contribution is -2.10. The normalized spacial score (nSPS) is 11.7. The van der Waals surface area contributed by atoms with E-state index < -0.39 is 23.4 Å². The van der Waals surface area contributed by atoms with Gasteiger partial charge in [0.2, 0.25) is 17.4 Å². The highest BCUT2D eigenvalue weighted by Crippen LogP contribution is 2.16. The van der Waals surface area contributed by atoms with E-state index in [1.165, 1.54) is 31.2 Å². The quantitative estimate of drug-likeness (QED) is 0.461. The van der Waals surface area contributed by atoms with E-state index >= 15 is 0 Å². The highest BCUT2D eigenvalue weighted by molar-refractivity contribution is 6.10. The summed E-state index contributed by atoms with van der Waals surface area (Å²) in [5, 5.41) is 0. The predicted octanol–water partition coefficient (Wildman–Crippen LogP) is 2.58. The Bertz CT molecular complexity index is 452. The average molecular weight is 240 g/mol. The summed E-state index contributed by atoms with van der Waals surface area (Å²) in [6.07, 6.45) is 0. The lowest BCUT2D eigenvalue weighted by atomic mass is 10.1. The molecule has 1 aromatic carbocycles. The van der Waals surface area contributed by atoms with Crippen molar-refractivity contribution in [1.29, 1.82) is 0 Å². The molecule has 0 amide bonds. The van der Waals surface area contributed by atoms with Crippen molar-refractivity contribution in [2.24, 2.45) is 0 Å². The Hall–Kier alpha value is -2.04. The molecule has 0 bridgehead atoms. The Kier molecular flexibility index (Phi) is 4.51. The molecule has 0 aromatic heterocycles. The summed E-state index contributed by atoms with van der Waals surface area (Å²) in [5.74, 6) is -6.21. The number of hydrogen-bond acceptors (Lipinski definition) is 3. The molecule has 3 nitrogen and oxygen atoms in total. The average Bonchev–Trinajstić information content (AvgIpc) is 2.37. The van der Waals surface area contributed by atoms with E-state index in [0.717, 1.165) is 0 Å². The van der Waals surface area contributed by atoms with Crippen LogP contribution in [-0.2, 0) is 9.53 Å². The molecule has 0 aliphatic rings. The molecule has 0 radical (unpaired) electrons. The SMILES string of the molecule is CCOC(=O)/C(F)=C(/F)C(=O)c1ccccc1. The third-order valence-electron chi connectivity index (χ3n) is 1.88. The topological polar surface area (TPSA) is 43.4 Å². The van der Waals surface area contributed by atoms with Crippen molar-refractivity contribution in [2.45, 2.75) is 6.92 Å².